The Bertz CT molecular complexity index is 657. The van der Waals surface area contributed by atoms with Crippen molar-refractivity contribution in [3.8, 4) is 11.5 Å². The number of fused-ring (bicyclic) bond motifs is 3. The molecule has 0 N–H and O–H groups in total. The average molecular weight is 376 g/mol. The topological polar surface area (TPSA) is 30.9 Å². The van der Waals surface area contributed by atoms with Crippen molar-refractivity contribution >= 4 is 0 Å². The predicted molar refractivity (Wildman–Crippen MR) is 110 cm³/mol. The zero-order valence-electron chi connectivity index (χ0n) is 18.2. The van der Waals surface area contributed by atoms with Crippen molar-refractivity contribution in [3.63, 3.8) is 0 Å². The SMILES string of the molecule is COc1cc2c(cc1OCC(C)(C)C)CCN1CC(OC(C)(C)C)CCC21. The first kappa shape index (κ1) is 20.5. The van der Waals surface area contributed by atoms with Crippen LogP contribution in [0.3, 0.4) is 0 Å². The summed E-state index contributed by atoms with van der Waals surface area (Å²) in [6, 6.07) is 4.91. The summed E-state index contributed by atoms with van der Waals surface area (Å²) in [5, 5.41) is 0. The third kappa shape index (κ3) is 5.17. The number of piperidine rings is 1. The molecule has 152 valence electrons. The van der Waals surface area contributed by atoms with E-state index in [-0.39, 0.29) is 11.0 Å². The summed E-state index contributed by atoms with van der Waals surface area (Å²) in [6.07, 6.45) is 3.64. The van der Waals surface area contributed by atoms with E-state index >= 15 is 0 Å². The highest BCUT2D eigenvalue weighted by molar-refractivity contribution is 5.49. The maximum Gasteiger partial charge on any atom is 0.161 e. The number of hydrogen-bond acceptors (Lipinski definition) is 4. The molecular formula is C23H37NO3. The van der Waals surface area contributed by atoms with Crippen LogP contribution in [0.15, 0.2) is 12.1 Å². The van der Waals surface area contributed by atoms with Gasteiger partial charge in [0.05, 0.1) is 25.4 Å². The first-order valence-electron chi connectivity index (χ1n) is 10.3. The Kier molecular flexibility index (Phi) is 5.79. The van der Waals surface area contributed by atoms with Crippen LogP contribution in [-0.4, -0.2) is 43.4 Å². The van der Waals surface area contributed by atoms with Gasteiger partial charge in [-0.2, -0.15) is 0 Å². The molecule has 0 bridgehead atoms. The zero-order valence-corrected chi connectivity index (χ0v) is 18.2. The van der Waals surface area contributed by atoms with Crippen molar-refractivity contribution in [2.45, 2.75) is 78.6 Å². The minimum Gasteiger partial charge on any atom is -0.493 e. The second-order valence-electron chi connectivity index (χ2n) is 10.2. The summed E-state index contributed by atoms with van der Waals surface area (Å²) < 4.78 is 18.0. The fraction of sp³-hybridized carbons (Fsp3) is 0.739. The lowest BCUT2D eigenvalue weighted by Gasteiger charge is -2.45. The molecule has 4 nitrogen and oxygen atoms in total. The van der Waals surface area contributed by atoms with Gasteiger partial charge >= 0.3 is 0 Å². The molecule has 3 rings (SSSR count). The van der Waals surface area contributed by atoms with Crippen molar-refractivity contribution in [2.75, 3.05) is 26.8 Å². The van der Waals surface area contributed by atoms with Crippen LogP contribution in [0.25, 0.3) is 0 Å². The second kappa shape index (κ2) is 7.63. The Hall–Kier alpha value is -1.26. The number of benzene rings is 1. The summed E-state index contributed by atoms with van der Waals surface area (Å²) >= 11 is 0. The lowest BCUT2D eigenvalue weighted by atomic mass is 9.85. The van der Waals surface area contributed by atoms with Crippen LogP contribution < -0.4 is 9.47 Å². The molecule has 27 heavy (non-hydrogen) atoms. The Balaban J connectivity index is 1.77. The molecule has 1 aromatic rings. The summed E-state index contributed by atoms with van der Waals surface area (Å²) in [7, 11) is 1.74. The Morgan fingerprint density at radius 1 is 1.04 bits per heavy atom. The van der Waals surface area contributed by atoms with Crippen LogP contribution in [0.4, 0.5) is 0 Å². The van der Waals surface area contributed by atoms with Gasteiger partial charge in [-0.3, -0.25) is 4.90 Å². The number of hydrogen-bond donors (Lipinski definition) is 0. The molecular weight excluding hydrogens is 338 g/mol. The summed E-state index contributed by atoms with van der Waals surface area (Å²) in [6.45, 7) is 15.8. The molecule has 0 spiro atoms. The van der Waals surface area contributed by atoms with Gasteiger partial charge in [0.15, 0.2) is 11.5 Å². The predicted octanol–water partition coefficient (Wildman–Crippen LogP) is 5.00. The summed E-state index contributed by atoms with van der Waals surface area (Å²) in [5.41, 5.74) is 2.88. The smallest absolute Gasteiger partial charge is 0.161 e. The highest BCUT2D eigenvalue weighted by Gasteiger charge is 2.35. The quantitative estimate of drug-likeness (QED) is 0.741. The molecule has 2 unspecified atom stereocenters. The van der Waals surface area contributed by atoms with E-state index in [0.29, 0.717) is 18.8 Å². The van der Waals surface area contributed by atoms with Crippen LogP contribution in [0.1, 0.15) is 71.6 Å². The van der Waals surface area contributed by atoms with E-state index in [9.17, 15) is 0 Å². The van der Waals surface area contributed by atoms with Crippen LogP contribution >= 0.6 is 0 Å². The first-order chi connectivity index (χ1) is 12.6. The zero-order chi connectivity index (χ0) is 19.8. The van der Waals surface area contributed by atoms with Crippen LogP contribution in [0, 0.1) is 5.41 Å². The van der Waals surface area contributed by atoms with Crippen LogP contribution in [-0.2, 0) is 11.2 Å². The lowest BCUT2D eigenvalue weighted by molar-refractivity contribution is -0.0971. The molecule has 1 aromatic carbocycles. The largest absolute Gasteiger partial charge is 0.493 e. The molecule has 1 saturated heterocycles. The second-order valence-corrected chi connectivity index (χ2v) is 10.2. The van der Waals surface area contributed by atoms with Gasteiger partial charge in [0, 0.05) is 19.1 Å². The Labute approximate surface area is 165 Å². The molecule has 2 atom stereocenters. The molecule has 1 fully saturated rings. The van der Waals surface area contributed by atoms with Gasteiger partial charge in [0.1, 0.15) is 0 Å². The maximum atomic E-state index is 6.26. The Morgan fingerprint density at radius 3 is 2.41 bits per heavy atom. The van der Waals surface area contributed by atoms with Gasteiger partial charge in [0.2, 0.25) is 0 Å². The minimum absolute atomic E-state index is 0.0757. The molecule has 2 heterocycles. The fourth-order valence-electron chi connectivity index (χ4n) is 4.18. The van der Waals surface area contributed by atoms with Gasteiger partial charge < -0.3 is 14.2 Å². The van der Waals surface area contributed by atoms with Crippen LogP contribution in [0.2, 0.25) is 0 Å². The van der Waals surface area contributed by atoms with Gasteiger partial charge in [-0.15, -0.1) is 0 Å². The monoisotopic (exact) mass is 375 g/mol. The average Bonchev–Trinajstić information content (AvgIpc) is 2.56. The molecule has 0 aliphatic carbocycles. The first-order valence-corrected chi connectivity index (χ1v) is 10.3. The van der Waals surface area contributed by atoms with Gasteiger partial charge in [0.25, 0.3) is 0 Å². The molecule has 0 aromatic heterocycles. The molecule has 0 amide bonds. The summed E-state index contributed by atoms with van der Waals surface area (Å²) in [4.78, 5) is 2.59. The van der Waals surface area contributed by atoms with E-state index in [4.69, 9.17) is 14.2 Å². The number of nitrogens with zero attached hydrogens (tertiary/aromatic N) is 1. The van der Waals surface area contributed by atoms with Crippen molar-refractivity contribution in [3.05, 3.63) is 23.3 Å². The normalized spacial score (nSPS) is 23.5. The van der Waals surface area contributed by atoms with E-state index < -0.39 is 0 Å². The molecule has 0 saturated carbocycles. The lowest BCUT2D eigenvalue weighted by Crippen LogP contribution is -2.47. The van der Waals surface area contributed by atoms with Gasteiger partial charge in [-0.25, -0.2) is 0 Å². The van der Waals surface area contributed by atoms with E-state index in [2.05, 4.69) is 58.6 Å². The third-order valence-electron chi connectivity index (χ3n) is 5.27. The summed E-state index contributed by atoms with van der Waals surface area (Å²) in [5.74, 6) is 1.73. The third-order valence-corrected chi connectivity index (χ3v) is 5.27. The Morgan fingerprint density at radius 2 is 1.78 bits per heavy atom. The number of methoxy groups -OCH3 is 1. The molecule has 0 radical (unpaired) electrons. The van der Waals surface area contributed by atoms with Crippen molar-refractivity contribution in [2.24, 2.45) is 5.41 Å². The molecule has 2 aliphatic rings. The van der Waals surface area contributed by atoms with Crippen molar-refractivity contribution in [1.29, 1.82) is 0 Å². The molecule has 2 aliphatic heterocycles. The van der Waals surface area contributed by atoms with Gasteiger partial charge in [-0.05, 0) is 68.7 Å². The standard InChI is InChI=1S/C23H37NO3/c1-22(2,3)15-26-21-12-16-10-11-24-14-17(27-23(4,5)6)8-9-19(24)18(16)13-20(21)25-7/h12-13,17,19H,8-11,14-15H2,1-7H3. The van der Waals surface area contributed by atoms with Crippen molar-refractivity contribution < 1.29 is 14.2 Å². The van der Waals surface area contributed by atoms with Crippen molar-refractivity contribution in [1.82, 2.24) is 4.90 Å². The van der Waals surface area contributed by atoms with E-state index in [1.54, 1.807) is 7.11 Å². The van der Waals surface area contributed by atoms with Gasteiger partial charge in [-0.1, -0.05) is 20.8 Å². The maximum absolute atomic E-state index is 6.26. The highest BCUT2D eigenvalue weighted by Crippen LogP contribution is 2.42. The van der Waals surface area contributed by atoms with E-state index in [0.717, 1.165) is 43.9 Å². The minimum atomic E-state index is -0.0757. The number of rotatable bonds is 4. The van der Waals surface area contributed by atoms with E-state index in [1.807, 2.05) is 0 Å². The number of ether oxygens (including phenoxy) is 3. The molecule has 4 heteroatoms. The fourth-order valence-corrected chi connectivity index (χ4v) is 4.18. The highest BCUT2D eigenvalue weighted by atomic mass is 16.5. The van der Waals surface area contributed by atoms with Crippen LogP contribution in [0.5, 0.6) is 11.5 Å². The van der Waals surface area contributed by atoms with E-state index in [1.165, 1.54) is 11.1 Å².